The number of halogens is 1. The van der Waals surface area contributed by atoms with Crippen LogP contribution < -0.4 is 10.2 Å². The number of nitrogens with zero attached hydrogens (tertiary/aromatic N) is 2. The molecule has 0 aromatic heterocycles. The molecule has 2 aromatic carbocycles. The van der Waals surface area contributed by atoms with Gasteiger partial charge in [-0.05, 0) is 30.3 Å². The summed E-state index contributed by atoms with van der Waals surface area (Å²) in [6.45, 7) is 2.07. The van der Waals surface area contributed by atoms with Crippen LogP contribution in [0.2, 0.25) is 0 Å². The lowest BCUT2D eigenvalue weighted by Gasteiger charge is -2.36. The molecule has 1 N–H and O–H groups in total. The quantitative estimate of drug-likeness (QED) is 0.858. The topological polar surface area (TPSA) is 61.9 Å². The molecule has 2 aromatic rings. The highest BCUT2D eigenvalue weighted by Gasteiger charge is 2.22. The van der Waals surface area contributed by atoms with Crippen molar-refractivity contribution in [1.82, 2.24) is 4.90 Å². The maximum Gasteiger partial charge on any atom is 0.337 e. The lowest BCUT2D eigenvalue weighted by atomic mass is 10.2. The summed E-state index contributed by atoms with van der Waals surface area (Å²) in [7, 11) is 1.31. The van der Waals surface area contributed by atoms with Crippen LogP contribution in [0.15, 0.2) is 48.5 Å². The first kappa shape index (κ1) is 17.7. The van der Waals surface area contributed by atoms with Crippen molar-refractivity contribution in [1.29, 1.82) is 0 Å². The summed E-state index contributed by atoms with van der Waals surface area (Å²) >= 11 is 0. The van der Waals surface area contributed by atoms with E-state index in [1.165, 1.54) is 13.2 Å². The van der Waals surface area contributed by atoms with Crippen LogP contribution in [0.1, 0.15) is 10.4 Å². The van der Waals surface area contributed by atoms with E-state index in [9.17, 15) is 14.0 Å². The second-order valence-electron chi connectivity index (χ2n) is 5.93. The van der Waals surface area contributed by atoms with E-state index >= 15 is 0 Å². The van der Waals surface area contributed by atoms with Gasteiger partial charge in [0.15, 0.2) is 0 Å². The number of urea groups is 1. The molecule has 1 fully saturated rings. The van der Waals surface area contributed by atoms with Crippen LogP contribution in [-0.2, 0) is 4.74 Å². The molecule has 0 unspecified atom stereocenters. The summed E-state index contributed by atoms with van der Waals surface area (Å²) < 4.78 is 18.6. The Morgan fingerprint density at radius 1 is 1.04 bits per heavy atom. The van der Waals surface area contributed by atoms with Crippen molar-refractivity contribution in [3.8, 4) is 0 Å². The Labute approximate surface area is 151 Å². The minimum absolute atomic E-state index is 0.250. The molecule has 1 saturated heterocycles. The smallest absolute Gasteiger partial charge is 0.337 e. The van der Waals surface area contributed by atoms with Gasteiger partial charge >= 0.3 is 12.0 Å². The molecule has 26 heavy (non-hydrogen) atoms. The average molecular weight is 357 g/mol. The van der Waals surface area contributed by atoms with Crippen LogP contribution in [0.3, 0.4) is 0 Å². The third-order valence-electron chi connectivity index (χ3n) is 4.29. The normalized spacial score (nSPS) is 14.1. The van der Waals surface area contributed by atoms with E-state index in [2.05, 4.69) is 10.1 Å². The SMILES string of the molecule is COC(=O)c1cccc(NC(=O)N2CCN(c3ccccc3F)CC2)c1. The lowest BCUT2D eigenvalue weighted by molar-refractivity contribution is 0.0600. The van der Waals surface area contributed by atoms with Crippen LogP contribution in [0.4, 0.5) is 20.6 Å². The third kappa shape index (κ3) is 3.93. The van der Waals surface area contributed by atoms with Crippen molar-refractivity contribution < 1.29 is 18.7 Å². The molecule has 7 heteroatoms. The van der Waals surface area contributed by atoms with Crippen molar-refractivity contribution in [3.63, 3.8) is 0 Å². The fourth-order valence-corrected chi connectivity index (χ4v) is 2.90. The largest absolute Gasteiger partial charge is 0.465 e. The number of ether oxygens (including phenoxy) is 1. The molecule has 0 atom stereocenters. The molecule has 1 aliphatic rings. The van der Waals surface area contributed by atoms with Gasteiger partial charge in [-0.2, -0.15) is 0 Å². The Morgan fingerprint density at radius 3 is 2.46 bits per heavy atom. The molecule has 2 amide bonds. The average Bonchev–Trinajstić information content (AvgIpc) is 2.68. The molecule has 0 bridgehead atoms. The molecular formula is C19H20FN3O3. The predicted molar refractivity (Wildman–Crippen MR) is 97.0 cm³/mol. The highest BCUT2D eigenvalue weighted by Crippen LogP contribution is 2.20. The maximum absolute atomic E-state index is 13.9. The number of carbonyl (C=O) groups excluding carboxylic acids is 2. The highest BCUT2D eigenvalue weighted by atomic mass is 19.1. The number of benzene rings is 2. The molecule has 136 valence electrons. The summed E-state index contributed by atoms with van der Waals surface area (Å²) in [5.41, 5.74) is 1.45. The van der Waals surface area contributed by atoms with E-state index in [-0.39, 0.29) is 11.8 Å². The van der Waals surface area contributed by atoms with E-state index in [0.717, 1.165) is 0 Å². The Bertz CT molecular complexity index is 804. The van der Waals surface area contributed by atoms with Crippen molar-refractivity contribution in [3.05, 3.63) is 59.9 Å². The minimum atomic E-state index is -0.459. The minimum Gasteiger partial charge on any atom is -0.465 e. The number of carbonyl (C=O) groups is 2. The first-order valence-corrected chi connectivity index (χ1v) is 8.32. The van der Waals surface area contributed by atoms with E-state index < -0.39 is 5.97 Å². The lowest BCUT2D eigenvalue weighted by Crippen LogP contribution is -2.50. The molecule has 1 heterocycles. The van der Waals surface area contributed by atoms with E-state index in [1.807, 2.05) is 4.90 Å². The van der Waals surface area contributed by atoms with Gasteiger partial charge in [0.1, 0.15) is 5.82 Å². The fraction of sp³-hybridized carbons (Fsp3) is 0.263. The zero-order valence-electron chi connectivity index (χ0n) is 14.4. The van der Waals surface area contributed by atoms with Gasteiger partial charge in [-0.25, -0.2) is 14.0 Å². The van der Waals surface area contributed by atoms with Crippen molar-refractivity contribution in [2.45, 2.75) is 0 Å². The van der Waals surface area contributed by atoms with Gasteiger partial charge < -0.3 is 19.9 Å². The van der Waals surface area contributed by atoms with E-state index in [0.29, 0.717) is 43.1 Å². The van der Waals surface area contributed by atoms with Crippen LogP contribution in [0.5, 0.6) is 0 Å². The van der Waals surface area contributed by atoms with Gasteiger partial charge in [0.2, 0.25) is 0 Å². The molecule has 1 aliphatic heterocycles. The third-order valence-corrected chi connectivity index (χ3v) is 4.29. The summed E-state index contributed by atoms with van der Waals surface area (Å²) in [6.07, 6.45) is 0. The number of hydrogen-bond donors (Lipinski definition) is 1. The molecular weight excluding hydrogens is 337 g/mol. The van der Waals surface area contributed by atoms with Crippen LogP contribution in [0, 0.1) is 5.82 Å². The van der Waals surface area contributed by atoms with Gasteiger partial charge in [0.05, 0.1) is 18.4 Å². The second-order valence-corrected chi connectivity index (χ2v) is 5.93. The summed E-state index contributed by atoms with van der Waals surface area (Å²) in [5.74, 6) is -0.718. The Hall–Kier alpha value is -3.09. The van der Waals surface area contributed by atoms with Crippen LogP contribution in [0.25, 0.3) is 0 Å². The van der Waals surface area contributed by atoms with Crippen molar-refractivity contribution >= 4 is 23.4 Å². The Balaban J connectivity index is 1.59. The standard InChI is InChI=1S/C19H20FN3O3/c1-26-18(24)14-5-4-6-15(13-14)21-19(25)23-11-9-22(10-12-23)17-8-3-2-7-16(17)20/h2-8,13H,9-12H2,1H3,(H,21,25). The number of piperazine rings is 1. The zero-order chi connectivity index (χ0) is 18.5. The van der Waals surface area contributed by atoms with Gasteiger partial charge in [0.25, 0.3) is 0 Å². The molecule has 0 saturated carbocycles. The fourth-order valence-electron chi connectivity index (χ4n) is 2.90. The molecule has 3 rings (SSSR count). The van der Waals surface area contributed by atoms with E-state index in [4.69, 9.17) is 0 Å². The first-order chi connectivity index (χ1) is 12.6. The van der Waals surface area contributed by atoms with Crippen molar-refractivity contribution in [2.75, 3.05) is 43.5 Å². The number of esters is 1. The zero-order valence-corrected chi connectivity index (χ0v) is 14.4. The highest BCUT2D eigenvalue weighted by molar-refractivity contribution is 5.94. The number of para-hydroxylation sites is 1. The van der Waals surface area contributed by atoms with Crippen LogP contribution in [-0.4, -0.2) is 50.2 Å². The maximum atomic E-state index is 13.9. The first-order valence-electron chi connectivity index (χ1n) is 8.32. The number of anilines is 2. The van der Waals surface area contributed by atoms with E-state index in [1.54, 1.807) is 47.4 Å². The monoisotopic (exact) mass is 357 g/mol. The number of nitrogens with one attached hydrogen (secondary N) is 1. The van der Waals surface area contributed by atoms with Gasteiger partial charge in [-0.3, -0.25) is 0 Å². The second kappa shape index (κ2) is 7.86. The summed E-state index contributed by atoms with van der Waals surface area (Å²) in [4.78, 5) is 27.6. The number of hydrogen-bond acceptors (Lipinski definition) is 4. The summed E-state index contributed by atoms with van der Waals surface area (Å²) in [6, 6.07) is 13.0. The Kier molecular flexibility index (Phi) is 5.36. The predicted octanol–water partition coefficient (Wildman–Crippen LogP) is 2.97. The van der Waals surface area contributed by atoms with Gasteiger partial charge in [-0.15, -0.1) is 0 Å². The van der Waals surface area contributed by atoms with Gasteiger partial charge in [-0.1, -0.05) is 18.2 Å². The molecule has 0 spiro atoms. The number of methoxy groups -OCH3 is 1. The number of rotatable bonds is 3. The molecule has 6 nitrogen and oxygen atoms in total. The molecule has 0 radical (unpaired) electrons. The number of amides is 2. The van der Waals surface area contributed by atoms with Crippen molar-refractivity contribution in [2.24, 2.45) is 0 Å². The Morgan fingerprint density at radius 2 is 1.77 bits per heavy atom. The van der Waals surface area contributed by atoms with Crippen LogP contribution >= 0.6 is 0 Å². The molecule has 0 aliphatic carbocycles. The van der Waals surface area contributed by atoms with Gasteiger partial charge in [0, 0.05) is 31.9 Å². The summed E-state index contributed by atoms with van der Waals surface area (Å²) in [5, 5.41) is 2.78.